The van der Waals surface area contributed by atoms with E-state index in [0.29, 0.717) is 18.7 Å². The second kappa shape index (κ2) is 7.97. The fraction of sp³-hybridized carbons (Fsp3) is 0.474. The Kier molecular flexibility index (Phi) is 5.68. The number of benzene rings is 1. The van der Waals surface area contributed by atoms with E-state index < -0.39 is 0 Å². The number of piperidine rings is 1. The van der Waals surface area contributed by atoms with Crippen LogP contribution in [0.1, 0.15) is 28.9 Å². The molecule has 0 unspecified atom stereocenters. The molecule has 1 aromatic heterocycles. The zero-order valence-electron chi connectivity index (χ0n) is 15.2. The Balaban J connectivity index is 1.71. The molecule has 2 heterocycles. The van der Waals surface area contributed by atoms with Gasteiger partial charge >= 0.3 is 0 Å². The van der Waals surface area contributed by atoms with Crippen LogP contribution in [0.25, 0.3) is 5.69 Å². The van der Waals surface area contributed by atoms with Crippen LogP contribution in [0.15, 0.2) is 30.5 Å². The Labute approximate surface area is 152 Å². The molecule has 2 N–H and O–H groups in total. The van der Waals surface area contributed by atoms with Crippen LogP contribution in [0.3, 0.4) is 0 Å². The lowest BCUT2D eigenvalue weighted by Crippen LogP contribution is -2.47. The standard InChI is InChI=1S/C19H25FN4O2/c1-14-17(11-23-24(14)16-5-3-15(20)4-6-16)18(25)22-12-19(13-26-2)7-9-21-10-8-19/h3-6,11,21H,7-10,12-13H2,1-2H3,(H,22,25). The van der Waals surface area contributed by atoms with E-state index in [4.69, 9.17) is 4.74 Å². The van der Waals surface area contributed by atoms with Gasteiger partial charge in [0.2, 0.25) is 0 Å². The highest BCUT2D eigenvalue weighted by Gasteiger charge is 2.32. The van der Waals surface area contributed by atoms with Gasteiger partial charge in [0.05, 0.1) is 29.7 Å². The summed E-state index contributed by atoms with van der Waals surface area (Å²) in [7, 11) is 1.70. The average molecular weight is 360 g/mol. The molecule has 1 aliphatic heterocycles. The van der Waals surface area contributed by atoms with Crippen molar-refractivity contribution in [3.05, 3.63) is 47.5 Å². The molecule has 0 radical (unpaired) electrons. The summed E-state index contributed by atoms with van der Waals surface area (Å²) in [5.41, 5.74) is 1.93. The molecule has 0 saturated carbocycles. The summed E-state index contributed by atoms with van der Waals surface area (Å²) in [5, 5.41) is 10.7. The lowest BCUT2D eigenvalue weighted by atomic mass is 9.79. The highest BCUT2D eigenvalue weighted by atomic mass is 19.1. The Hall–Kier alpha value is -2.25. The van der Waals surface area contributed by atoms with Crippen molar-refractivity contribution in [3.8, 4) is 5.69 Å². The van der Waals surface area contributed by atoms with Gasteiger partial charge in [-0.05, 0) is 57.1 Å². The molecular formula is C19H25FN4O2. The van der Waals surface area contributed by atoms with Gasteiger partial charge in [0.15, 0.2) is 0 Å². The minimum atomic E-state index is -0.304. The van der Waals surface area contributed by atoms with Crippen LogP contribution in [-0.4, -0.2) is 49.0 Å². The molecule has 2 aromatic rings. The molecule has 0 atom stereocenters. The predicted octanol–water partition coefficient (Wildman–Crippen LogP) is 2.07. The molecule has 26 heavy (non-hydrogen) atoms. The van der Waals surface area contributed by atoms with Crippen molar-refractivity contribution in [2.75, 3.05) is 33.4 Å². The summed E-state index contributed by atoms with van der Waals surface area (Å²) >= 11 is 0. The molecule has 7 heteroatoms. The number of ether oxygens (including phenoxy) is 1. The molecular weight excluding hydrogens is 335 g/mol. The largest absolute Gasteiger partial charge is 0.384 e. The van der Waals surface area contributed by atoms with E-state index in [0.717, 1.165) is 37.3 Å². The number of hydrogen-bond donors (Lipinski definition) is 2. The maximum absolute atomic E-state index is 13.1. The molecule has 1 aromatic carbocycles. The zero-order valence-corrected chi connectivity index (χ0v) is 15.2. The van der Waals surface area contributed by atoms with E-state index in [1.54, 1.807) is 30.1 Å². The van der Waals surface area contributed by atoms with Crippen LogP contribution in [0.4, 0.5) is 4.39 Å². The first-order valence-electron chi connectivity index (χ1n) is 8.83. The van der Waals surface area contributed by atoms with Gasteiger partial charge in [-0.15, -0.1) is 0 Å². The van der Waals surface area contributed by atoms with E-state index >= 15 is 0 Å². The van der Waals surface area contributed by atoms with E-state index in [1.807, 2.05) is 6.92 Å². The summed E-state index contributed by atoms with van der Waals surface area (Å²) in [5.74, 6) is -0.452. The molecule has 1 amide bonds. The Bertz CT molecular complexity index is 746. The number of amides is 1. The average Bonchev–Trinajstić information content (AvgIpc) is 3.03. The van der Waals surface area contributed by atoms with Gasteiger partial charge in [-0.1, -0.05) is 0 Å². The maximum Gasteiger partial charge on any atom is 0.254 e. The highest BCUT2D eigenvalue weighted by molar-refractivity contribution is 5.95. The second-order valence-corrected chi connectivity index (χ2v) is 6.90. The summed E-state index contributed by atoms with van der Waals surface area (Å²) in [4.78, 5) is 12.7. The molecule has 0 spiro atoms. The third-order valence-corrected chi connectivity index (χ3v) is 5.06. The molecule has 1 aliphatic rings. The fourth-order valence-corrected chi connectivity index (χ4v) is 3.47. The Morgan fingerprint density at radius 3 is 2.69 bits per heavy atom. The molecule has 0 bridgehead atoms. The number of nitrogens with one attached hydrogen (secondary N) is 2. The van der Waals surface area contributed by atoms with Crippen LogP contribution in [-0.2, 0) is 4.74 Å². The summed E-state index contributed by atoms with van der Waals surface area (Å²) in [6.45, 7) is 4.90. The first kappa shape index (κ1) is 18.5. The smallest absolute Gasteiger partial charge is 0.254 e. The van der Waals surface area contributed by atoms with Crippen molar-refractivity contribution in [1.82, 2.24) is 20.4 Å². The van der Waals surface area contributed by atoms with Crippen molar-refractivity contribution < 1.29 is 13.9 Å². The minimum Gasteiger partial charge on any atom is -0.384 e. The van der Waals surface area contributed by atoms with Gasteiger partial charge in [-0.25, -0.2) is 9.07 Å². The number of aromatic nitrogens is 2. The lowest BCUT2D eigenvalue weighted by Gasteiger charge is -2.37. The number of hydrogen-bond acceptors (Lipinski definition) is 4. The van der Waals surface area contributed by atoms with Crippen molar-refractivity contribution in [2.45, 2.75) is 19.8 Å². The SMILES string of the molecule is COCC1(CNC(=O)c2cnn(-c3ccc(F)cc3)c2C)CCNCC1. The van der Waals surface area contributed by atoms with E-state index in [-0.39, 0.29) is 17.1 Å². The third kappa shape index (κ3) is 3.94. The van der Waals surface area contributed by atoms with E-state index in [2.05, 4.69) is 15.7 Å². The van der Waals surface area contributed by atoms with Gasteiger partial charge in [-0.3, -0.25) is 4.79 Å². The maximum atomic E-state index is 13.1. The number of methoxy groups -OCH3 is 1. The van der Waals surface area contributed by atoms with Crippen molar-refractivity contribution in [3.63, 3.8) is 0 Å². The monoisotopic (exact) mass is 360 g/mol. The normalized spacial score (nSPS) is 16.4. The fourth-order valence-electron chi connectivity index (χ4n) is 3.47. The number of carbonyl (C=O) groups excluding carboxylic acids is 1. The van der Waals surface area contributed by atoms with Crippen molar-refractivity contribution in [2.24, 2.45) is 5.41 Å². The topological polar surface area (TPSA) is 68.2 Å². The number of carbonyl (C=O) groups is 1. The lowest BCUT2D eigenvalue weighted by molar-refractivity contribution is 0.0511. The summed E-state index contributed by atoms with van der Waals surface area (Å²) < 4.78 is 20.1. The van der Waals surface area contributed by atoms with Gasteiger partial charge in [0.25, 0.3) is 5.91 Å². The number of rotatable bonds is 6. The highest BCUT2D eigenvalue weighted by Crippen LogP contribution is 2.28. The number of nitrogens with zero attached hydrogens (tertiary/aromatic N) is 2. The van der Waals surface area contributed by atoms with Gasteiger partial charge < -0.3 is 15.4 Å². The molecule has 140 valence electrons. The van der Waals surface area contributed by atoms with Crippen molar-refractivity contribution in [1.29, 1.82) is 0 Å². The first-order valence-corrected chi connectivity index (χ1v) is 8.83. The summed E-state index contributed by atoms with van der Waals surface area (Å²) in [6.07, 6.45) is 3.49. The van der Waals surface area contributed by atoms with Gasteiger partial charge in [0.1, 0.15) is 5.82 Å². The van der Waals surface area contributed by atoms with Crippen LogP contribution < -0.4 is 10.6 Å². The first-order chi connectivity index (χ1) is 12.5. The van der Waals surface area contributed by atoms with Crippen molar-refractivity contribution >= 4 is 5.91 Å². The zero-order chi connectivity index (χ0) is 18.6. The van der Waals surface area contributed by atoms with E-state index in [9.17, 15) is 9.18 Å². The third-order valence-electron chi connectivity index (χ3n) is 5.06. The van der Waals surface area contributed by atoms with Gasteiger partial charge in [0, 0.05) is 19.1 Å². The quantitative estimate of drug-likeness (QED) is 0.828. The van der Waals surface area contributed by atoms with Crippen LogP contribution in [0.2, 0.25) is 0 Å². The molecule has 0 aliphatic carbocycles. The Morgan fingerprint density at radius 1 is 1.35 bits per heavy atom. The Morgan fingerprint density at radius 2 is 2.04 bits per heavy atom. The molecule has 3 rings (SSSR count). The molecule has 1 saturated heterocycles. The second-order valence-electron chi connectivity index (χ2n) is 6.90. The predicted molar refractivity (Wildman–Crippen MR) is 97.0 cm³/mol. The van der Waals surface area contributed by atoms with Gasteiger partial charge in [-0.2, -0.15) is 5.10 Å². The van der Waals surface area contributed by atoms with Crippen LogP contribution in [0.5, 0.6) is 0 Å². The van der Waals surface area contributed by atoms with Crippen LogP contribution in [0, 0.1) is 18.2 Å². The molecule has 6 nitrogen and oxygen atoms in total. The number of halogens is 1. The summed E-state index contributed by atoms with van der Waals surface area (Å²) in [6, 6.07) is 6.03. The van der Waals surface area contributed by atoms with Crippen LogP contribution >= 0.6 is 0 Å². The van der Waals surface area contributed by atoms with E-state index in [1.165, 1.54) is 12.1 Å². The molecule has 1 fully saturated rings. The minimum absolute atomic E-state index is 0.0312.